The van der Waals surface area contributed by atoms with Gasteiger partial charge in [-0.1, -0.05) is 10.3 Å². The van der Waals surface area contributed by atoms with Crippen LogP contribution in [0.2, 0.25) is 0 Å². The molecule has 5 nitrogen and oxygen atoms in total. The van der Waals surface area contributed by atoms with Crippen LogP contribution < -0.4 is 0 Å². The molecule has 2 aromatic rings. The molecule has 2 heterocycles. The Kier molecular flexibility index (Phi) is 2.28. The topological polar surface area (TPSA) is 71.5 Å². The van der Waals surface area contributed by atoms with Crippen LogP contribution in [0.25, 0.3) is 10.8 Å². The summed E-state index contributed by atoms with van der Waals surface area (Å²) >= 11 is 1.41. The fraction of sp³-hybridized carbons (Fsp3) is 0.125. The number of hydrogen-bond acceptors (Lipinski definition) is 6. The van der Waals surface area contributed by atoms with Gasteiger partial charge in [0, 0.05) is 11.4 Å². The number of oxime groups is 1. The van der Waals surface area contributed by atoms with E-state index in [2.05, 4.69) is 15.3 Å². The monoisotopic (exact) mass is 209 g/mol. The molecule has 72 valence electrons. The smallest absolute Gasteiger partial charge is 0.195 e. The number of aromatic nitrogens is 2. The summed E-state index contributed by atoms with van der Waals surface area (Å²) in [5.74, 6) is 0.618. The molecule has 2 aromatic heterocycles. The zero-order valence-electron chi connectivity index (χ0n) is 7.34. The van der Waals surface area contributed by atoms with Crippen LogP contribution in [-0.2, 0) is 0 Å². The molecular formula is C8H7N3O2S. The van der Waals surface area contributed by atoms with Crippen molar-refractivity contribution in [2.24, 2.45) is 5.16 Å². The van der Waals surface area contributed by atoms with E-state index in [-0.39, 0.29) is 0 Å². The van der Waals surface area contributed by atoms with Crippen molar-refractivity contribution in [2.45, 2.75) is 6.92 Å². The van der Waals surface area contributed by atoms with E-state index in [0.29, 0.717) is 17.2 Å². The molecule has 0 atom stereocenters. The van der Waals surface area contributed by atoms with Crippen molar-refractivity contribution in [2.75, 3.05) is 0 Å². The van der Waals surface area contributed by atoms with Crippen molar-refractivity contribution < 1.29 is 9.73 Å². The molecule has 0 aromatic carbocycles. The largest absolute Gasteiger partial charge is 0.411 e. The lowest BCUT2D eigenvalue weighted by Crippen LogP contribution is -1.93. The summed E-state index contributed by atoms with van der Waals surface area (Å²) in [6, 6.07) is 1.73. The predicted molar refractivity (Wildman–Crippen MR) is 51.6 cm³/mol. The lowest BCUT2D eigenvalue weighted by Gasteiger charge is -1.88. The van der Waals surface area contributed by atoms with Crippen LogP contribution in [-0.4, -0.2) is 21.1 Å². The summed E-state index contributed by atoms with van der Waals surface area (Å²) in [5, 5.41) is 17.7. The van der Waals surface area contributed by atoms with Crippen molar-refractivity contribution in [3.63, 3.8) is 0 Å². The highest BCUT2D eigenvalue weighted by Gasteiger charge is 2.09. The Bertz CT molecular complexity index is 447. The molecule has 0 aliphatic heterocycles. The number of nitrogens with zero attached hydrogens (tertiary/aromatic N) is 3. The first-order chi connectivity index (χ1) is 6.81. The molecule has 0 bridgehead atoms. The van der Waals surface area contributed by atoms with Crippen LogP contribution in [0.15, 0.2) is 27.3 Å². The Morgan fingerprint density at radius 2 is 2.50 bits per heavy atom. The van der Waals surface area contributed by atoms with Crippen molar-refractivity contribution in [1.82, 2.24) is 10.1 Å². The average Bonchev–Trinajstić information content (AvgIpc) is 2.86. The second-order valence-electron chi connectivity index (χ2n) is 2.60. The minimum atomic E-state index is 0.479. The van der Waals surface area contributed by atoms with E-state index < -0.39 is 0 Å². The minimum Gasteiger partial charge on any atom is -0.411 e. The summed E-state index contributed by atoms with van der Waals surface area (Å²) in [5.41, 5.74) is 1.12. The molecular weight excluding hydrogens is 202 g/mol. The normalized spacial score (nSPS) is 11.9. The van der Waals surface area contributed by atoms with Crippen LogP contribution in [0.5, 0.6) is 0 Å². The summed E-state index contributed by atoms with van der Waals surface area (Å²) in [6.45, 7) is 1.68. The second-order valence-corrected chi connectivity index (χ2v) is 3.46. The summed E-state index contributed by atoms with van der Waals surface area (Å²) in [6.07, 6.45) is 1.56. The van der Waals surface area contributed by atoms with Gasteiger partial charge in [0.05, 0.1) is 11.9 Å². The summed E-state index contributed by atoms with van der Waals surface area (Å²) in [7, 11) is 0. The SMILES string of the molecule is CC(=NO)c1csc(-c2ccno2)n1. The molecule has 0 amide bonds. The van der Waals surface area contributed by atoms with Crippen LogP contribution >= 0.6 is 11.3 Å². The predicted octanol–water partition coefficient (Wildman–Crippen LogP) is 2.00. The molecule has 0 unspecified atom stereocenters. The lowest BCUT2D eigenvalue weighted by atomic mass is 10.3. The van der Waals surface area contributed by atoms with E-state index in [0.717, 1.165) is 5.01 Å². The minimum absolute atomic E-state index is 0.479. The molecule has 1 N–H and O–H groups in total. The standard InChI is InChI=1S/C8H7N3O2S/c1-5(11-12)6-4-14-8(10-6)7-2-3-9-13-7/h2-4,12H,1H3. The van der Waals surface area contributed by atoms with Crippen molar-refractivity contribution in [3.05, 3.63) is 23.3 Å². The Morgan fingerprint density at radius 3 is 3.14 bits per heavy atom. The van der Waals surface area contributed by atoms with E-state index in [1.165, 1.54) is 11.3 Å². The van der Waals surface area contributed by atoms with Gasteiger partial charge in [-0.3, -0.25) is 0 Å². The van der Waals surface area contributed by atoms with E-state index in [4.69, 9.17) is 9.73 Å². The molecule has 0 fully saturated rings. The molecule has 6 heteroatoms. The third-order valence-electron chi connectivity index (χ3n) is 1.67. The average molecular weight is 209 g/mol. The van der Waals surface area contributed by atoms with Gasteiger partial charge in [0.15, 0.2) is 10.8 Å². The van der Waals surface area contributed by atoms with E-state index in [9.17, 15) is 0 Å². The van der Waals surface area contributed by atoms with E-state index >= 15 is 0 Å². The third kappa shape index (κ3) is 1.51. The van der Waals surface area contributed by atoms with Crippen molar-refractivity contribution >= 4 is 17.0 Å². The molecule has 0 spiro atoms. The summed E-state index contributed by atoms with van der Waals surface area (Å²) in [4.78, 5) is 4.22. The maximum Gasteiger partial charge on any atom is 0.195 e. The molecule has 0 aliphatic rings. The molecule has 0 saturated carbocycles. The lowest BCUT2D eigenvalue weighted by molar-refractivity contribution is 0.319. The van der Waals surface area contributed by atoms with Gasteiger partial charge in [0.2, 0.25) is 0 Å². The van der Waals surface area contributed by atoms with Crippen molar-refractivity contribution in [1.29, 1.82) is 0 Å². The number of rotatable bonds is 2. The van der Waals surface area contributed by atoms with Crippen LogP contribution in [0.4, 0.5) is 0 Å². The van der Waals surface area contributed by atoms with Gasteiger partial charge in [-0.2, -0.15) is 0 Å². The first kappa shape index (κ1) is 8.89. The quantitative estimate of drug-likeness (QED) is 0.466. The molecule has 2 rings (SSSR count). The first-order valence-corrected chi connectivity index (χ1v) is 4.75. The highest BCUT2D eigenvalue weighted by molar-refractivity contribution is 7.13. The molecule has 0 aliphatic carbocycles. The second kappa shape index (κ2) is 3.59. The van der Waals surface area contributed by atoms with Gasteiger partial charge < -0.3 is 9.73 Å². The van der Waals surface area contributed by atoms with E-state index in [1.807, 2.05) is 0 Å². The van der Waals surface area contributed by atoms with Gasteiger partial charge >= 0.3 is 0 Å². The van der Waals surface area contributed by atoms with Crippen LogP contribution in [0, 0.1) is 0 Å². The van der Waals surface area contributed by atoms with E-state index in [1.54, 1.807) is 24.6 Å². The van der Waals surface area contributed by atoms with Gasteiger partial charge in [0.25, 0.3) is 0 Å². The van der Waals surface area contributed by atoms with Gasteiger partial charge in [0.1, 0.15) is 5.71 Å². The fourth-order valence-corrected chi connectivity index (χ4v) is 1.75. The number of hydrogen-bond donors (Lipinski definition) is 1. The van der Waals surface area contributed by atoms with Crippen LogP contribution in [0.3, 0.4) is 0 Å². The molecule has 14 heavy (non-hydrogen) atoms. The zero-order valence-corrected chi connectivity index (χ0v) is 8.15. The Labute approximate surface area is 83.7 Å². The highest BCUT2D eigenvalue weighted by atomic mass is 32.1. The highest BCUT2D eigenvalue weighted by Crippen LogP contribution is 2.23. The Hall–Kier alpha value is -1.69. The maximum atomic E-state index is 8.54. The summed E-state index contributed by atoms with van der Waals surface area (Å²) < 4.78 is 4.94. The van der Waals surface area contributed by atoms with Gasteiger partial charge in [-0.05, 0) is 6.92 Å². The fourth-order valence-electron chi connectivity index (χ4n) is 0.930. The molecule has 0 radical (unpaired) electrons. The Morgan fingerprint density at radius 1 is 1.64 bits per heavy atom. The number of thiazole rings is 1. The van der Waals surface area contributed by atoms with Gasteiger partial charge in [-0.25, -0.2) is 4.98 Å². The first-order valence-electron chi connectivity index (χ1n) is 3.87. The molecule has 0 saturated heterocycles. The Balaban J connectivity index is 2.36. The van der Waals surface area contributed by atoms with Gasteiger partial charge in [-0.15, -0.1) is 11.3 Å². The maximum absolute atomic E-state index is 8.54. The van der Waals surface area contributed by atoms with Crippen molar-refractivity contribution in [3.8, 4) is 10.8 Å². The van der Waals surface area contributed by atoms with Crippen LogP contribution in [0.1, 0.15) is 12.6 Å². The third-order valence-corrected chi connectivity index (χ3v) is 2.53. The zero-order chi connectivity index (χ0) is 9.97.